The second-order valence-electron chi connectivity index (χ2n) is 4.99. The lowest BCUT2D eigenvalue weighted by molar-refractivity contribution is 0.0167. The van der Waals surface area contributed by atoms with Gasteiger partial charge in [0.25, 0.3) is 0 Å². The lowest BCUT2D eigenvalue weighted by Gasteiger charge is -2.32. The highest BCUT2D eigenvalue weighted by atomic mass is 19.1. The van der Waals surface area contributed by atoms with Crippen LogP contribution in [0.3, 0.4) is 0 Å². The van der Waals surface area contributed by atoms with Gasteiger partial charge in [-0.15, -0.1) is 0 Å². The van der Waals surface area contributed by atoms with Crippen molar-refractivity contribution < 1.29 is 14.2 Å². The first-order valence-corrected chi connectivity index (χ1v) is 6.43. The van der Waals surface area contributed by atoms with Crippen LogP contribution >= 0.6 is 0 Å². The molecule has 0 spiro atoms. The van der Waals surface area contributed by atoms with Gasteiger partial charge in [0.15, 0.2) is 11.6 Å². The number of rotatable bonds is 4. The maximum Gasteiger partial charge on any atom is 0.167 e. The fraction of sp³-hybridized carbons (Fsp3) is 0.571. The van der Waals surface area contributed by atoms with E-state index >= 15 is 0 Å². The smallest absolute Gasteiger partial charge is 0.167 e. The van der Waals surface area contributed by atoms with Crippen LogP contribution < -0.4 is 10.1 Å². The standard InChI is InChI=1S/C14H20FNO2/c1-18-13-6-5-11(9-12(13)15)16-10-14(17)7-3-2-4-8-14/h5-6,9,16-17H,2-4,7-8,10H2,1H3. The molecule has 0 atom stereocenters. The molecule has 0 radical (unpaired) electrons. The Balaban J connectivity index is 1.95. The van der Waals surface area contributed by atoms with E-state index in [-0.39, 0.29) is 5.75 Å². The van der Waals surface area contributed by atoms with Crippen LogP contribution in [0, 0.1) is 5.82 Å². The molecule has 1 aliphatic rings. The van der Waals surface area contributed by atoms with Crippen LogP contribution in [0.2, 0.25) is 0 Å². The third-order valence-corrected chi connectivity index (χ3v) is 3.56. The van der Waals surface area contributed by atoms with Crippen LogP contribution in [0.4, 0.5) is 10.1 Å². The van der Waals surface area contributed by atoms with E-state index in [0.717, 1.165) is 25.7 Å². The van der Waals surface area contributed by atoms with E-state index in [1.54, 1.807) is 12.1 Å². The second kappa shape index (κ2) is 5.57. The molecule has 0 amide bonds. The number of methoxy groups -OCH3 is 1. The summed E-state index contributed by atoms with van der Waals surface area (Å²) in [5.74, 6) is -0.157. The molecule has 100 valence electrons. The van der Waals surface area contributed by atoms with Gasteiger partial charge in [-0.25, -0.2) is 4.39 Å². The summed E-state index contributed by atoms with van der Waals surface area (Å²) in [6, 6.07) is 4.74. The summed E-state index contributed by atoms with van der Waals surface area (Å²) in [6.45, 7) is 0.471. The summed E-state index contributed by atoms with van der Waals surface area (Å²) in [4.78, 5) is 0. The minimum absolute atomic E-state index is 0.233. The van der Waals surface area contributed by atoms with Crippen LogP contribution in [0.15, 0.2) is 18.2 Å². The molecule has 2 rings (SSSR count). The van der Waals surface area contributed by atoms with Crippen molar-refractivity contribution >= 4 is 5.69 Å². The van der Waals surface area contributed by atoms with Crippen LogP contribution in [0.25, 0.3) is 0 Å². The molecule has 3 nitrogen and oxygen atoms in total. The van der Waals surface area contributed by atoms with Gasteiger partial charge in [0.05, 0.1) is 12.7 Å². The number of aliphatic hydroxyl groups is 1. The predicted molar refractivity (Wildman–Crippen MR) is 69.5 cm³/mol. The molecule has 0 heterocycles. The van der Waals surface area contributed by atoms with E-state index in [9.17, 15) is 9.50 Å². The molecule has 0 saturated heterocycles. The minimum Gasteiger partial charge on any atom is -0.494 e. The normalized spacial score (nSPS) is 18.4. The predicted octanol–water partition coefficient (Wildman–Crippen LogP) is 2.94. The molecule has 0 aliphatic heterocycles. The van der Waals surface area contributed by atoms with E-state index in [1.807, 2.05) is 0 Å². The van der Waals surface area contributed by atoms with Gasteiger partial charge in [0.2, 0.25) is 0 Å². The summed E-state index contributed by atoms with van der Waals surface area (Å²) in [5.41, 5.74) is 0.0292. The fourth-order valence-electron chi connectivity index (χ4n) is 2.43. The van der Waals surface area contributed by atoms with Crippen molar-refractivity contribution in [2.75, 3.05) is 19.0 Å². The van der Waals surface area contributed by atoms with Crippen molar-refractivity contribution in [2.45, 2.75) is 37.7 Å². The minimum atomic E-state index is -0.644. The highest BCUT2D eigenvalue weighted by Gasteiger charge is 2.28. The zero-order valence-corrected chi connectivity index (χ0v) is 10.7. The molecule has 0 aromatic heterocycles. The van der Waals surface area contributed by atoms with Gasteiger partial charge >= 0.3 is 0 Å². The van der Waals surface area contributed by atoms with Crippen molar-refractivity contribution in [3.63, 3.8) is 0 Å². The Morgan fingerprint density at radius 3 is 2.67 bits per heavy atom. The number of hydrogen-bond acceptors (Lipinski definition) is 3. The number of anilines is 1. The summed E-state index contributed by atoms with van der Waals surface area (Å²) < 4.78 is 18.3. The summed E-state index contributed by atoms with van der Waals surface area (Å²) in [7, 11) is 1.44. The number of nitrogens with one attached hydrogen (secondary N) is 1. The fourth-order valence-corrected chi connectivity index (χ4v) is 2.43. The Morgan fingerprint density at radius 2 is 2.06 bits per heavy atom. The molecular formula is C14H20FNO2. The highest BCUT2D eigenvalue weighted by molar-refractivity contribution is 5.47. The number of hydrogen-bond donors (Lipinski definition) is 2. The zero-order valence-electron chi connectivity index (χ0n) is 10.7. The van der Waals surface area contributed by atoms with Crippen molar-refractivity contribution in [1.29, 1.82) is 0 Å². The molecule has 1 aromatic rings. The van der Waals surface area contributed by atoms with Crippen molar-refractivity contribution in [2.24, 2.45) is 0 Å². The Morgan fingerprint density at radius 1 is 1.33 bits per heavy atom. The molecular weight excluding hydrogens is 233 g/mol. The first-order valence-electron chi connectivity index (χ1n) is 6.43. The maximum atomic E-state index is 13.5. The van der Waals surface area contributed by atoms with Gasteiger partial charge in [-0.05, 0) is 25.0 Å². The van der Waals surface area contributed by atoms with Crippen LogP contribution in [-0.2, 0) is 0 Å². The van der Waals surface area contributed by atoms with E-state index in [4.69, 9.17) is 4.74 Å². The van der Waals surface area contributed by atoms with Gasteiger partial charge < -0.3 is 15.2 Å². The van der Waals surface area contributed by atoms with Crippen molar-refractivity contribution in [1.82, 2.24) is 0 Å². The van der Waals surface area contributed by atoms with Crippen LogP contribution in [-0.4, -0.2) is 24.4 Å². The molecule has 1 aromatic carbocycles. The molecule has 18 heavy (non-hydrogen) atoms. The molecule has 0 bridgehead atoms. The Labute approximate surface area is 107 Å². The summed E-state index contributed by atoms with van der Waals surface area (Å²) in [6.07, 6.45) is 4.96. The van der Waals surface area contributed by atoms with Gasteiger partial charge in [0, 0.05) is 18.3 Å². The SMILES string of the molecule is COc1ccc(NCC2(O)CCCCC2)cc1F. The molecule has 2 N–H and O–H groups in total. The van der Waals surface area contributed by atoms with Gasteiger partial charge in [0.1, 0.15) is 0 Å². The third-order valence-electron chi connectivity index (χ3n) is 3.56. The highest BCUT2D eigenvalue weighted by Crippen LogP contribution is 2.29. The van der Waals surface area contributed by atoms with Crippen molar-refractivity contribution in [3.8, 4) is 5.75 Å². The molecule has 0 unspecified atom stereocenters. The van der Waals surface area contributed by atoms with E-state index in [1.165, 1.54) is 19.6 Å². The average molecular weight is 253 g/mol. The van der Waals surface area contributed by atoms with Gasteiger partial charge in [-0.3, -0.25) is 0 Å². The largest absolute Gasteiger partial charge is 0.494 e. The van der Waals surface area contributed by atoms with E-state index in [0.29, 0.717) is 12.2 Å². The van der Waals surface area contributed by atoms with Gasteiger partial charge in [-0.1, -0.05) is 19.3 Å². The Bertz CT molecular complexity index is 403. The monoisotopic (exact) mass is 253 g/mol. The number of benzene rings is 1. The number of ether oxygens (including phenoxy) is 1. The third kappa shape index (κ3) is 3.13. The topological polar surface area (TPSA) is 41.5 Å². The molecule has 1 saturated carbocycles. The molecule has 1 aliphatic carbocycles. The van der Waals surface area contributed by atoms with E-state index < -0.39 is 11.4 Å². The summed E-state index contributed by atoms with van der Waals surface area (Å²) >= 11 is 0. The molecule has 1 fully saturated rings. The average Bonchev–Trinajstić information content (AvgIpc) is 2.38. The van der Waals surface area contributed by atoms with Gasteiger partial charge in [-0.2, -0.15) is 0 Å². The number of halogens is 1. The maximum absolute atomic E-state index is 13.5. The lowest BCUT2D eigenvalue weighted by atomic mass is 9.85. The van der Waals surface area contributed by atoms with Crippen LogP contribution in [0.1, 0.15) is 32.1 Å². The van der Waals surface area contributed by atoms with E-state index in [2.05, 4.69) is 5.32 Å². The first-order chi connectivity index (χ1) is 8.63. The molecule has 4 heteroatoms. The Hall–Kier alpha value is -1.29. The summed E-state index contributed by atoms with van der Waals surface area (Å²) in [5, 5.41) is 13.4. The zero-order chi connectivity index (χ0) is 13.0. The lowest BCUT2D eigenvalue weighted by Crippen LogP contribution is -2.38. The second-order valence-corrected chi connectivity index (χ2v) is 4.99. The quantitative estimate of drug-likeness (QED) is 0.867. The first kappa shape index (κ1) is 13.1. The van der Waals surface area contributed by atoms with Crippen LogP contribution in [0.5, 0.6) is 5.75 Å². The Kier molecular flexibility index (Phi) is 4.07. The van der Waals surface area contributed by atoms with Crippen molar-refractivity contribution in [3.05, 3.63) is 24.0 Å².